The van der Waals surface area contributed by atoms with Crippen LogP contribution in [0, 0.1) is 0 Å². The topological polar surface area (TPSA) is 51.4 Å². The molecule has 0 bridgehead atoms. The van der Waals surface area contributed by atoms with Crippen LogP contribution in [0.15, 0.2) is 12.3 Å². The Morgan fingerprint density at radius 3 is 2.80 bits per heavy atom. The number of aromatic nitrogens is 1. The van der Waals surface area contributed by atoms with Crippen LogP contribution in [0.3, 0.4) is 0 Å². The Kier molecular flexibility index (Phi) is 2.77. The van der Waals surface area contributed by atoms with E-state index in [0.29, 0.717) is 12.6 Å². The van der Waals surface area contributed by atoms with Gasteiger partial charge in [-0.3, -0.25) is 4.98 Å². The molecule has 0 saturated heterocycles. The zero-order chi connectivity index (χ0) is 10.8. The number of hydrogen-bond acceptors (Lipinski definition) is 4. The lowest BCUT2D eigenvalue weighted by atomic mass is 10.2. The molecule has 1 heterocycles. The van der Waals surface area contributed by atoms with E-state index in [-0.39, 0.29) is 0 Å². The molecule has 0 unspecified atom stereocenters. The summed E-state index contributed by atoms with van der Waals surface area (Å²) in [5.74, 6) is 0.901. The Morgan fingerprint density at radius 1 is 1.53 bits per heavy atom. The minimum atomic E-state index is 0.400. The fourth-order valence-electron chi connectivity index (χ4n) is 1.57. The maximum Gasteiger partial charge on any atom is 0.146 e. The van der Waals surface area contributed by atoms with E-state index >= 15 is 0 Å². The molecule has 1 saturated carbocycles. The van der Waals surface area contributed by atoms with Crippen LogP contribution in [0.25, 0.3) is 0 Å². The van der Waals surface area contributed by atoms with Crippen molar-refractivity contribution in [3.63, 3.8) is 0 Å². The number of anilines is 1. The first-order chi connectivity index (χ1) is 7.22. The monoisotopic (exact) mass is 207 g/mol. The van der Waals surface area contributed by atoms with Crippen molar-refractivity contribution in [1.29, 1.82) is 0 Å². The SMILES string of the molecule is CN(C)c1c(OC2CC2)ccnc1CN. The highest BCUT2D eigenvalue weighted by Crippen LogP contribution is 2.34. The van der Waals surface area contributed by atoms with Gasteiger partial charge in [-0.2, -0.15) is 0 Å². The smallest absolute Gasteiger partial charge is 0.146 e. The second kappa shape index (κ2) is 4.06. The molecule has 1 aromatic rings. The van der Waals surface area contributed by atoms with Crippen LogP contribution >= 0.6 is 0 Å². The van der Waals surface area contributed by atoms with Crippen molar-refractivity contribution in [2.75, 3.05) is 19.0 Å². The molecule has 0 atom stereocenters. The van der Waals surface area contributed by atoms with Crippen LogP contribution in [0.4, 0.5) is 5.69 Å². The Labute approximate surface area is 90.0 Å². The quantitative estimate of drug-likeness (QED) is 0.804. The molecule has 15 heavy (non-hydrogen) atoms. The molecule has 0 aliphatic heterocycles. The molecule has 2 rings (SSSR count). The zero-order valence-corrected chi connectivity index (χ0v) is 9.23. The zero-order valence-electron chi connectivity index (χ0n) is 9.23. The van der Waals surface area contributed by atoms with E-state index in [4.69, 9.17) is 10.5 Å². The highest BCUT2D eigenvalue weighted by Gasteiger charge is 2.25. The van der Waals surface area contributed by atoms with Gasteiger partial charge in [0.25, 0.3) is 0 Å². The van der Waals surface area contributed by atoms with Crippen LogP contribution in [0.5, 0.6) is 5.75 Å². The number of nitrogens with zero attached hydrogens (tertiary/aromatic N) is 2. The summed E-state index contributed by atoms with van der Waals surface area (Å²) in [6.45, 7) is 0.440. The normalized spacial score (nSPS) is 15.1. The van der Waals surface area contributed by atoms with Crippen molar-refractivity contribution in [3.8, 4) is 5.75 Å². The molecule has 82 valence electrons. The number of pyridine rings is 1. The fraction of sp³-hybridized carbons (Fsp3) is 0.545. The van der Waals surface area contributed by atoms with E-state index in [2.05, 4.69) is 4.98 Å². The van der Waals surface area contributed by atoms with Crippen molar-refractivity contribution >= 4 is 5.69 Å². The van der Waals surface area contributed by atoms with Gasteiger partial charge in [-0.25, -0.2) is 0 Å². The van der Waals surface area contributed by atoms with Gasteiger partial charge in [0, 0.05) is 32.9 Å². The minimum Gasteiger partial charge on any atom is -0.488 e. The first-order valence-corrected chi connectivity index (χ1v) is 5.24. The van der Waals surface area contributed by atoms with Gasteiger partial charge in [-0.15, -0.1) is 0 Å². The predicted octanol–water partition coefficient (Wildman–Crippen LogP) is 1.15. The minimum absolute atomic E-state index is 0.400. The Bertz CT molecular complexity index is 348. The van der Waals surface area contributed by atoms with E-state index in [0.717, 1.165) is 30.0 Å². The summed E-state index contributed by atoms with van der Waals surface area (Å²) in [5, 5.41) is 0. The van der Waals surface area contributed by atoms with Gasteiger partial charge in [0.1, 0.15) is 11.4 Å². The lowest BCUT2D eigenvalue weighted by Gasteiger charge is -2.20. The fourth-order valence-corrected chi connectivity index (χ4v) is 1.57. The van der Waals surface area contributed by atoms with E-state index in [1.807, 2.05) is 25.1 Å². The molecule has 1 fully saturated rings. The summed E-state index contributed by atoms with van der Waals surface area (Å²) in [4.78, 5) is 6.27. The molecule has 4 nitrogen and oxygen atoms in total. The molecule has 0 radical (unpaired) electrons. The Hall–Kier alpha value is -1.29. The highest BCUT2D eigenvalue weighted by molar-refractivity contribution is 5.60. The Morgan fingerprint density at radius 2 is 2.27 bits per heavy atom. The molecule has 2 N–H and O–H groups in total. The van der Waals surface area contributed by atoms with Crippen LogP contribution in [0.1, 0.15) is 18.5 Å². The lowest BCUT2D eigenvalue weighted by Crippen LogP contribution is -2.16. The predicted molar refractivity (Wildman–Crippen MR) is 60.1 cm³/mol. The maximum absolute atomic E-state index is 5.82. The average molecular weight is 207 g/mol. The van der Waals surface area contributed by atoms with Crippen LogP contribution in [-0.2, 0) is 6.54 Å². The van der Waals surface area contributed by atoms with Crippen LogP contribution in [0.2, 0.25) is 0 Å². The standard InChI is InChI=1S/C11H17N3O/c1-14(2)11-9(7-12)13-6-5-10(11)15-8-3-4-8/h5-6,8H,3-4,7,12H2,1-2H3. The van der Waals surface area contributed by atoms with Gasteiger partial charge in [0.15, 0.2) is 0 Å². The van der Waals surface area contributed by atoms with Gasteiger partial charge >= 0.3 is 0 Å². The van der Waals surface area contributed by atoms with E-state index in [9.17, 15) is 0 Å². The summed E-state index contributed by atoms with van der Waals surface area (Å²) < 4.78 is 5.82. The van der Waals surface area contributed by atoms with Gasteiger partial charge in [0.2, 0.25) is 0 Å². The third kappa shape index (κ3) is 2.21. The Balaban J connectivity index is 2.32. The third-order valence-corrected chi connectivity index (χ3v) is 2.42. The van der Waals surface area contributed by atoms with E-state index in [1.54, 1.807) is 6.20 Å². The molecule has 1 aliphatic rings. The molecule has 1 aliphatic carbocycles. The molecular weight excluding hydrogens is 190 g/mol. The first-order valence-electron chi connectivity index (χ1n) is 5.24. The number of hydrogen-bond donors (Lipinski definition) is 1. The summed E-state index contributed by atoms with van der Waals surface area (Å²) in [6.07, 6.45) is 4.48. The number of nitrogens with two attached hydrogens (primary N) is 1. The summed E-state index contributed by atoms with van der Waals surface area (Å²) in [6, 6.07) is 1.91. The third-order valence-electron chi connectivity index (χ3n) is 2.42. The lowest BCUT2D eigenvalue weighted by molar-refractivity contribution is 0.303. The molecular formula is C11H17N3O. The summed E-state index contributed by atoms with van der Waals surface area (Å²) >= 11 is 0. The van der Waals surface area contributed by atoms with Crippen molar-refractivity contribution in [3.05, 3.63) is 18.0 Å². The second-order valence-electron chi connectivity index (χ2n) is 4.02. The van der Waals surface area contributed by atoms with Crippen molar-refractivity contribution < 1.29 is 4.74 Å². The molecule has 4 heteroatoms. The van der Waals surface area contributed by atoms with Crippen molar-refractivity contribution in [1.82, 2.24) is 4.98 Å². The number of ether oxygens (including phenoxy) is 1. The van der Waals surface area contributed by atoms with Crippen molar-refractivity contribution in [2.45, 2.75) is 25.5 Å². The van der Waals surface area contributed by atoms with Gasteiger partial charge in [-0.05, 0) is 12.8 Å². The van der Waals surface area contributed by atoms with Crippen molar-refractivity contribution in [2.24, 2.45) is 5.73 Å². The highest BCUT2D eigenvalue weighted by atomic mass is 16.5. The molecule has 1 aromatic heterocycles. The summed E-state index contributed by atoms with van der Waals surface area (Å²) in [7, 11) is 3.96. The van der Waals surface area contributed by atoms with Crippen LogP contribution in [-0.4, -0.2) is 25.2 Å². The molecule has 0 amide bonds. The van der Waals surface area contributed by atoms with Crippen LogP contribution < -0.4 is 15.4 Å². The average Bonchev–Trinajstić information content (AvgIpc) is 3.01. The van der Waals surface area contributed by atoms with Gasteiger partial charge in [0.05, 0.1) is 11.8 Å². The molecule has 0 spiro atoms. The van der Waals surface area contributed by atoms with Gasteiger partial charge in [-0.1, -0.05) is 0 Å². The van der Waals surface area contributed by atoms with E-state index < -0.39 is 0 Å². The van der Waals surface area contributed by atoms with E-state index in [1.165, 1.54) is 0 Å². The van der Waals surface area contributed by atoms with Gasteiger partial charge < -0.3 is 15.4 Å². The molecule has 0 aromatic carbocycles. The maximum atomic E-state index is 5.82. The largest absolute Gasteiger partial charge is 0.488 e. The number of rotatable bonds is 4. The second-order valence-corrected chi connectivity index (χ2v) is 4.02. The first kappa shape index (κ1) is 10.2. The summed E-state index contributed by atoms with van der Waals surface area (Å²) in [5.41, 5.74) is 7.55.